The van der Waals surface area contributed by atoms with Gasteiger partial charge in [0.15, 0.2) is 0 Å². The molecule has 0 aromatic carbocycles. The summed E-state index contributed by atoms with van der Waals surface area (Å²) >= 11 is 0. The molecule has 2 aromatic heterocycles. The van der Waals surface area contributed by atoms with Gasteiger partial charge >= 0.3 is 6.03 Å². The molecule has 0 aliphatic rings. The van der Waals surface area contributed by atoms with Crippen molar-refractivity contribution in [2.75, 3.05) is 37.3 Å². The number of carbonyl (C=O) groups excluding carboxylic acids is 2. The molecular weight excluding hydrogens is 398 g/mol. The van der Waals surface area contributed by atoms with Crippen molar-refractivity contribution in [3.05, 3.63) is 47.3 Å². The zero-order valence-corrected chi connectivity index (χ0v) is 17.8. The van der Waals surface area contributed by atoms with Crippen molar-refractivity contribution in [3.8, 4) is 0 Å². The Bertz CT molecular complexity index is 843. The summed E-state index contributed by atoms with van der Waals surface area (Å²) in [7, 11) is 0. The summed E-state index contributed by atoms with van der Waals surface area (Å²) in [5.74, 6) is 0.707. The van der Waals surface area contributed by atoms with E-state index in [0.29, 0.717) is 36.8 Å². The molecule has 0 saturated heterocycles. The first-order chi connectivity index (χ1) is 15.0. The van der Waals surface area contributed by atoms with Gasteiger partial charge in [-0.2, -0.15) is 0 Å². The van der Waals surface area contributed by atoms with E-state index >= 15 is 0 Å². The van der Waals surface area contributed by atoms with Crippen molar-refractivity contribution in [1.82, 2.24) is 25.9 Å². The van der Waals surface area contributed by atoms with E-state index in [1.54, 1.807) is 18.3 Å². The first-order valence-electron chi connectivity index (χ1n) is 10.4. The number of carbonyl (C=O) groups is 2. The number of aliphatic hydroxyl groups excluding tert-OH is 1. The highest BCUT2D eigenvalue weighted by molar-refractivity contribution is 5.98. The zero-order chi connectivity index (χ0) is 22.5. The molecule has 168 valence electrons. The minimum absolute atomic E-state index is 0.113. The number of pyridine rings is 2. The van der Waals surface area contributed by atoms with Crippen molar-refractivity contribution in [3.63, 3.8) is 0 Å². The van der Waals surface area contributed by atoms with Gasteiger partial charge in [0.2, 0.25) is 0 Å². The van der Waals surface area contributed by atoms with Crippen LogP contribution in [0.15, 0.2) is 30.5 Å². The topological polar surface area (TPSA) is 154 Å². The van der Waals surface area contributed by atoms with Crippen LogP contribution < -0.4 is 27.0 Å². The fourth-order valence-electron chi connectivity index (χ4n) is 2.81. The van der Waals surface area contributed by atoms with Crippen LogP contribution in [0.2, 0.25) is 0 Å². The third-order valence-corrected chi connectivity index (χ3v) is 4.39. The maximum Gasteiger partial charge on any atom is 0.315 e. The van der Waals surface area contributed by atoms with Crippen LogP contribution in [0, 0.1) is 0 Å². The molecule has 0 aliphatic heterocycles. The van der Waals surface area contributed by atoms with Crippen LogP contribution in [0.5, 0.6) is 0 Å². The third-order valence-electron chi connectivity index (χ3n) is 4.39. The van der Waals surface area contributed by atoms with Gasteiger partial charge < -0.3 is 32.1 Å². The van der Waals surface area contributed by atoms with Crippen LogP contribution in [0.1, 0.15) is 41.4 Å². The van der Waals surface area contributed by atoms with Gasteiger partial charge in [-0.1, -0.05) is 6.07 Å². The van der Waals surface area contributed by atoms with Crippen molar-refractivity contribution in [2.24, 2.45) is 0 Å². The van der Waals surface area contributed by atoms with Gasteiger partial charge in [0, 0.05) is 38.1 Å². The summed E-state index contributed by atoms with van der Waals surface area (Å²) in [5.41, 5.74) is 7.73. The smallest absolute Gasteiger partial charge is 0.315 e. The third kappa shape index (κ3) is 8.47. The standard InChI is InChI=1S/C21H31N7O3/c1-2-23-19-17(20(30)24-11-12-29)8-7-16(28-19)5-3-4-10-25-21(31)27-14-15-6-9-18(22)26-13-15/h6-9,13,29H,2-5,10-12,14H2,1H3,(H2,22,26)(H,23,28)(H,24,30)(H2,25,27,31). The van der Waals surface area contributed by atoms with E-state index in [-0.39, 0.29) is 25.1 Å². The van der Waals surface area contributed by atoms with E-state index in [9.17, 15) is 9.59 Å². The zero-order valence-electron chi connectivity index (χ0n) is 17.8. The van der Waals surface area contributed by atoms with Gasteiger partial charge in [-0.05, 0) is 49.9 Å². The highest BCUT2D eigenvalue weighted by Crippen LogP contribution is 2.15. The number of urea groups is 1. The van der Waals surface area contributed by atoms with Crippen LogP contribution in [-0.4, -0.2) is 53.3 Å². The van der Waals surface area contributed by atoms with Crippen molar-refractivity contribution >= 4 is 23.6 Å². The summed E-state index contributed by atoms with van der Waals surface area (Å²) in [5, 5.41) is 20.2. The molecule has 0 radical (unpaired) electrons. The molecule has 0 unspecified atom stereocenters. The Kier molecular flexibility index (Phi) is 10.0. The lowest BCUT2D eigenvalue weighted by Gasteiger charge is -2.12. The molecule has 2 rings (SSSR count). The maximum atomic E-state index is 12.2. The lowest BCUT2D eigenvalue weighted by Crippen LogP contribution is -2.35. The molecule has 0 saturated carbocycles. The number of nitrogens with zero attached hydrogens (tertiary/aromatic N) is 2. The molecule has 10 heteroatoms. The van der Waals surface area contributed by atoms with Crippen LogP contribution in [-0.2, 0) is 13.0 Å². The number of hydrogen-bond donors (Lipinski definition) is 6. The lowest BCUT2D eigenvalue weighted by molar-refractivity contribution is 0.0945. The number of amides is 3. The molecule has 10 nitrogen and oxygen atoms in total. The van der Waals surface area contributed by atoms with Crippen LogP contribution in [0.3, 0.4) is 0 Å². The highest BCUT2D eigenvalue weighted by atomic mass is 16.3. The molecule has 0 fully saturated rings. The molecule has 2 aromatic rings. The number of nitrogens with two attached hydrogens (primary N) is 1. The number of hydrogen-bond acceptors (Lipinski definition) is 7. The Morgan fingerprint density at radius 2 is 1.90 bits per heavy atom. The largest absolute Gasteiger partial charge is 0.395 e. The molecule has 0 atom stereocenters. The number of aryl methyl sites for hydroxylation is 1. The Morgan fingerprint density at radius 1 is 1.06 bits per heavy atom. The maximum absolute atomic E-state index is 12.2. The summed E-state index contributed by atoms with van der Waals surface area (Å²) in [4.78, 5) is 32.6. The average molecular weight is 430 g/mol. The molecule has 3 amide bonds. The van der Waals surface area contributed by atoms with Gasteiger partial charge in [0.05, 0.1) is 12.2 Å². The predicted octanol–water partition coefficient (Wildman–Crippen LogP) is 1.03. The summed E-state index contributed by atoms with van der Waals surface area (Å²) in [6.07, 6.45) is 4.01. The fourth-order valence-corrected chi connectivity index (χ4v) is 2.81. The summed E-state index contributed by atoms with van der Waals surface area (Å²) < 4.78 is 0. The summed E-state index contributed by atoms with van der Waals surface area (Å²) in [6, 6.07) is 6.85. The first kappa shape index (κ1) is 23.9. The van der Waals surface area contributed by atoms with Gasteiger partial charge in [-0.3, -0.25) is 4.79 Å². The van der Waals surface area contributed by atoms with Gasteiger partial charge in [-0.15, -0.1) is 0 Å². The normalized spacial score (nSPS) is 10.4. The van der Waals surface area contributed by atoms with Crippen molar-refractivity contribution < 1.29 is 14.7 Å². The molecule has 0 bridgehead atoms. The predicted molar refractivity (Wildman–Crippen MR) is 120 cm³/mol. The van der Waals surface area contributed by atoms with E-state index in [4.69, 9.17) is 10.8 Å². The number of rotatable bonds is 12. The Morgan fingerprint density at radius 3 is 2.61 bits per heavy atom. The van der Waals surface area contributed by atoms with E-state index in [1.807, 2.05) is 19.1 Å². The van der Waals surface area contributed by atoms with E-state index < -0.39 is 0 Å². The van der Waals surface area contributed by atoms with Gasteiger partial charge in [0.25, 0.3) is 5.91 Å². The molecule has 2 heterocycles. The second-order valence-corrected chi connectivity index (χ2v) is 6.87. The first-order valence-corrected chi connectivity index (χ1v) is 10.4. The number of aromatic nitrogens is 2. The van der Waals surface area contributed by atoms with Crippen LogP contribution in [0.25, 0.3) is 0 Å². The second-order valence-electron chi connectivity index (χ2n) is 6.87. The highest BCUT2D eigenvalue weighted by Gasteiger charge is 2.13. The quantitative estimate of drug-likeness (QED) is 0.275. The van der Waals surface area contributed by atoms with Crippen molar-refractivity contribution in [2.45, 2.75) is 32.7 Å². The number of anilines is 2. The van der Waals surface area contributed by atoms with Gasteiger partial charge in [0.1, 0.15) is 11.6 Å². The molecule has 7 N–H and O–H groups in total. The van der Waals surface area contributed by atoms with Crippen LogP contribution in [0.4, 0.5) is 16.4 Å². The van der Waals surface area contributed by atoms with E-state index in [2.05, 4.69) is 31.2 Å². The second kappa shape index (κ2) is 13.0. The summed E-state index contributed by atoms with van der Waals surface area (Å²) in [6.45, 7) is 3.59. The Hall–Kier alpha value is -3.40. The number of nitrogen functional groups attached to an aromatic ring is 1. The number of nitrogens with one attached hydrogen (secondary N) is 4. The fraction of sp³-hybridized carbons (Fsp3) is 0.429. The molecule has 31 heavy (non-hydrogen) atoms. The van der Waals surface area contributed by atoms with Gasteiger partial charge in [-0.25, -0.2) is 14.8 Å². The lowest BCUT2D eigenvalue weighted by atomic mass is 10.1. The SMILES string of the molecule is CCNc1nc(CCCCNC(=O)NCc2ccc(N)nc2)ccc1C(=O)NCCO. The minimum Gasteiger partial charge on any atom is -0.395 e. The monoisotopic (exact) mass is 429 g/mol. The molecule has 0 aliphatic carbocycles. The molecular formula is C21H31N7O3. The number of unbranched alkanes of at least 4 members (excludes halogenated alkanes) is 1. The number of aliphatic hydroxyl groups is 1. The van der Waals surface area contributed by atoms with Crippen LogP contribution >= 0.6 is 0 Å². The van der Waals surface area contributed by atoms with E-state index in [0.717, 1.165) is 30.5 Å². The van der Waals surface area contributed by atoms with E-state index in [1.165, 1.54) is 0 Å². The Labute approximate surface area is 182 Å². The minimum atomic E-state index is -0.269. The Balaban J connectivity index is 1.72. The average Bonchev–Trinajstić information content (AvgIpc) is 2.77. The molecule has 0 spiro atoms. The van der Waals surface area contributed by atoms with Crippen molar-refractivity contribution in [1.29, 1.82) is 0 Å².